The molecule has 1 aromatic carbocycles. The van der Waals surface area contributed by atoms with Gasteiger partial charge in [0.25, 0.3) is 5.91 Å². The third-order valence-electron chi connectivity index (χ3n) is 4.16. The SMILES string of the molecule is Cc1cc(N)ccc1C(=O)N1CCN(CCC(C)C)CC1. The quantitative estimate of drug-likeness (QED) is 0.866. The van der Waals surface area contributed by atoms with Gasteiger partial charge in [-0.3, -0.25) is 9.69 Å². The van der Waals surface area contributed by atoms with Crippen LogP contribution in [0.4, 0.5) is 5.69 Å². The van der Waals surface area contributed by atoms with Gasteiger partial charge < -0.3 is 10.6 Å². The number of nitrogens with two attached hydrogens (primary N) is 1. The number of nitrogen functional groups attached to an aromatic ring is 1. The lowest BCUT2D eigenvalue weighted by atomic mass is 10.1. The molecule has 21 heavy (non-hydrogen) atoms. The minimum atomic E-state index is 0.135. The molecule has 4 nitrogen and oxygen atoms in total. The highest BCUT2D eigenvalue weighted by Gasteiger charge is 2.22. The second-order valence-corrected chi connectivity index (χ2v) is 6.39. The van der Waals surface area contributed by atoms with Crippen LogP contribution < -0.4 is 5.73 Å². The number of aryl methyl sites for hydroxylation is 1. The first kappa shape index (κ1) is 15.8. The second kappa shape index (κ2) is 6.94. The molecule has 116 valence electrons. The van der Waals surface area contributed by atoms with Crippen molar-refractivity contribution in [1.82, 2.24) is 9.80 Å². The van der Waals surface area contributed by atoms with Crippen molar-refractivity contribution >= 4 is 11.6 Å². The maximum absolute atomic E-state index is 12.6. The van der Waals surface area contributed by atoms with Crippen LogP contribution in [-0.4, -0.2) is 48.4 Å². The van der Waals surface area contributed by atoms with Crippen molar-refractivity contribution in [3.05, 3.63) is 29.3 Å². The van der Waals surface area contributed by atoms with Crippen molar-refractivity contribution < 1.29 is 4.79 Å². The van der Waals surface area contributed by atoms with Crippen molar-refractivity contribution in [3.8, 4) is 0 Å². The molecule has 0 unspecified atom stereocenters. The molecular formula is C17H27N3O. The smallest absolute Gasteiger partial charge is 0.254 e. The number of amides is 1. The number of hydrogen-bond acceptors (Lipinski definition) is 3. The molecule has 1 aromatic rings. The zero-order valence-corrected chi connectivity index (χ0v) is 13.4. The van der Waals surface area contributed by atoms with Gasteiger partial charge in [0.1, 0.15) is 0 Å². The summed E-state index contributed by atoms with van der Waals surface area (Å²) in [6.45, 7) is 11.2. The fourth-order valence-corrected chi connectivity index (χ4v) is 2.71. The first-order valence-corrected chi connectivity index (χ1v) is 7.85. The van der Waals surface area contributed by atoms with Crippen LogP contribution in [0, 0.1) is 12.8 Å². The van der Waals surface area contributed by atoms with E-state index in [2.05, 4.69) is 18.7 Å². The first-order valence-electron chi connectivity index (χ1n) is 7.85. The summed E-state index contributed by atoms with van der Waals surface area (Å²) in [5.41, 5.74) is 8.20. The van der Waals surface area contributed by atoms with Gasteiger partial charge >= 0.3 is 0 Å². The lowest BCUT2D eigenvalue weighted by molar-refractivity contribution is 0.0631. The minimum absolute atomic E-state index is 0.135. The van der Waals surface area contributed by atoms with Gasteiger partial charge in [-0.2, -0.15) is 0 Å². The van der Waals surface area contributed by atoms with Crippen LogP contribution in [-0.2, 0) is 0 Å². The summed E-state index contributed by atoms with van der Waals surface area (Å²) in [6, 6.07) is 5.52. The van der Waals surface area contributed by atoms with Gasteiger partial charge in [0.2, 0.25) is 0 Å². The molecule has 2 rings (SSSR count). The maximum Gasteiger partial charge on any atom is 0.254 e. The highest BCUT2D eigenvalue weighted by atomic mass is 16.2. The zero-order chi connectivity index (χ0) is 15.4. The Bertz CT molecular complexity index is 491. The van der Waals surface area contributed by atoms with E-state index >= 15 is 0 Å². The van der Waals surface area contributed by atoms with Crippen LogP contribution in [0.15, 0.2) is 18.2 Å². The summed E-state index contributed by atoms with van der Waals surface area (Å²) in [7, 11) is 0. The van der Waals surface area contributed by atoms with E-state index in [1.807, 2.05) is 24.0 Å². The molecule has 1 heterocycles. The molecule has 0 radical (unpaired) electrons. The number of anilines is 1. The van der Waals surface area contributed by atoms with E-state index in [0.29, 0.717) is 5.69 Å². The third kappa shape index (κ3) is 4.21. The van der Waals surface area contributed by atoms with Gasteiger partial charge in [-0.1, -0.05) is 13.8 Å². The van der Waals surface area contributed by atoms with E-state index < -0.39 is 0 Å². The molecule has 0 aliphatic carbocycles. The Labute approximate surface area is 127 Å². The first-order chi connectivity index (χ1) is 9.97. The Balaban J connectivity index is 1.91. The van der Waals surface area contributed by atoms with Crippen LogP contribution in [0.25, 0.3) is 0 Å². The molecule has 0 bridgehead atoms. The largest absolute Gasteiger partial charge is 0.399 e. The molecule has 0 atom stereocenters. The summed E-state index contributed by atoms with van der Waals surface area (Å²) >= 11 is 0. The van der Waals surface area contributed by atoms with Crippen LogP contribution in [0.2, 0.25) is 0 Å². The van der Waals surface area contributed by atoms with E-state index in [-0.39, 0.29) is 5.91 Å². The van der Waals surface area contributed by atoms with Gasteiger partial charge in [0.15, 0.2) is 0 Å². The van der Waals surface area contributed by atoms with Crippen molar-refractivity contribution in [3.63, 3.8) is 0 Å². The summed E-state index contributed by atoms with van der Waals surface area (Å²) in [6.07, 6.45) is 1.23. The van der Waals surface area contributed by atoms with Crippen molar-refractivity contribution in [2.45, 2.75) is 27.2 Å². The van der Waals surface area contributed by atoms with E-state index in [0.717, 1.165) is 49.8 Å². The van der Waals surface area contributed by atoms with Crippen molar-refractivity contribution in [2.24, 2.45) is 5.92 Å². The topological polar surface area (TPSA) is 49.6 Å². The third-order valence-corrected chi connectivity index (χ3v) is 4.16. The molecule has 1 aliphatic rings. The average Bonchev–Trinajstić information content (AvgIpc) is 2.45. The molecule has 1 fully saturated rings. The van der Waals surface area contributed by atoms with E-state index in [1.54, 1.807) is 6.07 Å². The monoisotopic (exact) mass is 289 g/mol. The van der Waals surface area contributed by atoms with Gasteiger partial charge in [0.05, 0.1) is 0 Å². The molecular weight excluding hydrogens is 262 g/mol. The summed E-state index contributed by atoms with van der Waals surface area (Å²) in [5, 5.41) is 0. The Kier molecular flexibility index (Phi) is 5.23. The molecule has 1 amide bonds. The molecule has 0 aromatic heterocycles. The molecule has 1 aliphatic heterocycles. The van der Waals surface area contributed by atoms with E-state index in [9.17, 15) is 4.79 Å². The Morgan fingerprint density at radius 1 is 1.24 bits per heavy atom. The molecule has 1 saturated heterocycles. The highest BCUT2D eigenvalue weighted by molar-refractivity contribution is 5.96. The molecule has 0 spiro atoms. The Morgan fingerprint density at radius 3 is 2.48 bits per heavy atom. The van der Waals surface area contributed by atoms with Gasteiger partial charge in [-0.25, -0.2) is 0 Å². The number of hydrogen-bond donors (Lipinski definition) is 1. The Morgan fingerprint density at radius 2 is 1.90 bits per heavy atom. The molecule has 2 N–H and O–H groups in total. The highest BCUT2D eigenvalue weighted by Crippen LogP contribution is 2.16. The van der Waals surface area contributed by atoms with E-state index in [4.69, 9.17) is 5.73 Å². The standard InChI is InChI=1S/C17H27N3O/c1-13(2)6-7-19-8-10-20(11-9-19)17(21)16-5-4-15(18)12-14(16)3/h4-5,12-13H,6-11,18H2,1-3H3. The fourth-order valence-electron chi connectivity index (χ4n) is 2.71. The number of benzene rings is 1. The summed E-state index contributed by atoms with van der Waals surface area (Å²) < 4.78 is 0. The minimum Gasteiger partial charge on any atom is -0.399 e. The average molecular weight is 289 g/mol. The summed E-state index contributed by atoms with van der Waals surface area (Å²) in [4.78, 5) is 17.0. The fraction of sp³-hybridized carbons (Fsp3) is 0.588. The van der Waals surface area contributed by atoms with Crippen LogP contribution in [0.5, 0.6) is 0 Å². The number of carbonyl (C=O) groups is 1. The number of nitrogens with zero attached hydrogens (tertiary/aromatic N) is 2. The van der Waals surface area contributed by atoms with Crippen LogP contribution in [0.3, 0.4) is 0 Å². The maximum atomic E-state index is 12.6. The van der Waals surface area contributed by atoms with Gasteiger partial charge in [-0.15, -0.1) is 0 Å². The van der Waals surface area contributed by atoms with Crippen LogP contribution in [0.1, 0.15) is 36.2 Å². The lowest BCUT2D eigenvalue weighted by Crippen LogP contribution is -2.49. The second-order valence-electron chi connectivity index (χ2n) is 6.39. The van der Waals surface area contributed by atoms with E-state index in [1.165, 1.54) is 6.42 Å². The zero-order valence-electron chi connectivity index (χ0n) is 13.4. The predicted octanol–water partition coefficient (Wildman–Crippen LogP) is 2.38. The number of carbonyl (C=O) groups excluding carboxylic acids is 1. The normalized spacial score (nSPS) is 16.5. The summed E-state index contributed by atoms with van der Waals surface area (Å²) in [5.74, 6) is 0.873. The van der Waals surface area contributed by atoms with Gasteiger partial charge in [0, 0.05) is 37.4 Å². The van der Waals surface area contributed by atoms with Crippen LogP contribution >= 0.6 is 0 Å². The molecule has 4 heteroatoms. The van der Waals surface area contributed by atoms with Gasteiger partial charge in [-0.05, 0) is 49.6 Å². The Hall–Kier alpha value is -1.55. The number of piperazine rings is 1. The predicted molar refractivity (Wildman–Crippen MR) is 87.4 cm³/mol. The lowest BCUT2D eigenvalue weighted by Gasteiger charge is -2.35. The van der Waals surface area contributed by atoms with Crippen molar-refractivity contribution in [1.29, 1.82) is 0 Å². The molecule has 0 saturated carbocycles. The van der Waals surface area contributed by atoms with Crippen molar-refractivity contribution in [2.75, 3.05) is 38.5 Å². The number of rotatable bonds is 4.